The highest BCUT2D eigenvalue weighted by molar-refractivity contribution is 14.0. The normalized spacial score (nSPS) is 17.7. The molecule has 1 aromatic rings. The van der Waals surface area contributed by atoms with Gasteiger partial charge in [-0.15, -0.1) is 24.0 Å². The molecule has 0 amide bonds. The molecule has 0 spiro atoms. The molecule has 7 heteroatoms. The average Bonchev–Trinajstić information content (AvgIpc) is 2.94. The predicted molar refractivity (Wildman–Crippen MR) is 98.6 cm³/mol. The van der Waals surface area contributed by atoms with Gasteiger partial charge in [-0.1, -0.05) is 0 Å². The highest BCUT2D eigenvalue weighted by Gasteiger charge is 2.32. The van der Waals surface area contributed by atoms with Crippen LogP contribution in [0.1, 0.15) is 18.4 Å². The fourth-order valence-electron chi connectivity index (χ4n) is 2.54. The van der Waals surface area contributed by atoms with Crippen molar-refractivity contribution in [3.63, 3.8) is 0 Å². The Balaban J connectivity index is 0.00000242. The summed E-state index contributed by atoms with van der Waals surface area (Å²) in [6.07, 6.45) is 5.86. The minimum atomic E-state index is -0.0946. The number of rotatable bonds is 5. The molecule has 0 radical (unpaired) electrons. The minimum Gasteiger partial charge on any atom is -0.396 e. The number of aliphatic hydroxyl groups is 1. The second kappa shape index (κ2) is 9.36. The molecule has 0 bridgehead atoms. The van der Waals surface area contributed by atoms with Gasteiger partial charge in [0, 0.05) is 58.2 Å². The second-order valence-corrected chi connectivity index (χ2v) is 5.74. The van der Waals surface area contributed by atoms with Crippen molar-refractivity contribution in [1.29, 1.82) is 0 Å². The number of halogens is 1. The zero-order valence-corrected chi connectivity index (χ0v) is 15.7. The molecule has 0 aliphatic carbocycles. The van der Waals surface area contributed by atoms with Gasteiger partial charge < -0.3 is 25.0 Å². The molecule has 1 aromatic heterocycles. The maximum Gasteiger partial charge on any atom is 0.191 e. The van der Waals surface area contributed by atoms with Crippen LogP contribution in [0.5, 0.6) is 0 Å². The topological polar surface area (TPSA) is 70.8 Å². The van der Waals surface area contributed by atoms with E-state index in [4.69, 9.17) is 4.74 Å². The molecule has 3 N–H and O–H groups in total. The summed E-state index contributed by atoms with van der Waals surface area (Å²) in [4.78, 5) is 4.23. The van der Waals surface area contributed by atoms with Gasteiger partial charge in [0.05, 0.1) is 6.61 Å². The third kappa shape index (κ3) is 5.44. The Hall–Kier alpha value is -0.800. The highest BCUT2D eigenvalue weighted by Crippen LogP contribution is 2.28. The lowest BCUT2D eigenvalue weighted by atomic mass is 9.81. The molecule has 0 atom stereocenters. The van der Waals surface area contributed by atoms with E-state index in [1.165, 1.54) is 5.56 Å². The lowest BCUT2D eigenvalue weighted by Gasteiger charge is -2.35. The van der Waals surface area contributed by atoms with Crippen molar-refractivity contribution in [2.24, 2.45) is 17.5 Å². The largest absolute Gasteiger partial charge is 0.396 e. The molecule has 1 saturated heterocycles. The van der Waals surface area contributed by atoms with Gasteiger partial charge in [-0.25, -0.2) is 0 Å². The third-order valence-corrected chi connectivity index (χ3v) is 4.10. The molecule has 0 unspecified atom stereocenters. The summed E-state index contributed by atoms with van der Waals surface area (Å²) in [5.74, 6) is 0.762. The smallest absolute Gasteiger partial charge is 0.191 e. The van der Waals surface area contributed by atoms with Crippen LogP contribution in [0.2, 0.25) is 0 Å². The van der Waals surface area contributed by atoms with E-state index >= 15 is 0 Å². The van der Waals surface area contributed by atoms with Gasteiger partial charge in [0.15, 0.2) is 5.96 Å². The zero-order chi connectivity index (χ0) is 15.1. The first-order valence-corrected chi connectivity index (χ1v) is 7.41. The maximum atomic E-state index is 9.68. The van der Waals surface area contributed by atoms with Crippen molar-refractivity contribution in [2.75, 3.05) is 33.4 Å². The Kier molecular flexibility index (Phi) is 8.19. The second-order valence-electron chi connectivity index (χ2n) is 5.74. The number of hydrogen-bond acceptors (Lipinski definition) is 3. The summed E-state index contributed by atoms with van der Waals surface area (Å²) >= 11 is 0. The van der Waals surface area contributed by atoms with Crippen LogP contribution in [0.4, 0.5) is 0 Å². The quantitative estimate of drug-likeness (QED) is 0.378. The first-order chi connectivity index (χ1) is 10.2. The van der Waals surface area contributed by atoms with Gasteiger partial charge in [0.25, 0.3) is 0 Å². The molecule has 2 rings (SSSR count). The van der Waals surface area contributed by atoms with E-state index in [1.807, 2.05) is 17.8 Å². The Morgan fingerprint density at radius 1 is 1.41 bits per heavy atom. The van der Waals surface area contributed by atoms with Gasteiger partial charge in [-0.05, 0) is 24.5 Å². The molecular formula is C15H27IN4O2. The predicted octanol–water partition coefficient (Wildman–Crippen LogP) is 1.10. The van der Waals surface area contributed by atoms with Crippen molar-refractivity contribution in [3.8, 4) is 0 Å². The van der Waals surface area contributed by atoms with Gasteiger partial charge in [0.2, 0.25) is 0 Å². The van der Waals surface area contributed by atoms with Crippen molar-refractivity contribution >= 4 is 29.9 Å². The number of hydrogen-bond donors (Lipinski definition) is 3. The van der Waals surface area contributed by atoms with Crippen LogP contribution in [-0.2, 0) is 18.3 Å². The summed E-state index contributed by atoms with van der Waals surface area (Å²) in [7, 11) is 3.77. The molecule has 2 heterocycles. The van der Waals surface area contributed by atoms with E-state index < -0.39 is 0 Å². The zero-order valence-electron chi connectivity index (χ0n) is 13.3. The molecule has 1 aliphatic rings. The van der Waals surface area contributed by atoms with Crippen molar-refractivity contribution < 1.29 is 9.84 Å². The van der Waals surface area contributed by atoms with Crippen LogP contribution < -0.4 is 10.6 Å². The molecule has 0 saturated carbocycles. The number of aromatic nitrogens is 1. The Morgan fingerprint density at radius 2 is 2.14 bits per heavy atom. The first-order valence-electron chi connectivity index (χ1n) is 7.41. The molecule has 22 heavy (non-hydrogen) atoms. The number of guanidine groups is 1. The molecule has 0 aromatic carbocycles. The highest BCUT2D eigenvalue weighted by atomic mass is 127. The summed E-state index contributed by atoms with van der Waals surface area (Å²) in [5, 5.41) is 16.3. The molecular weight excluding hydrogens is 395 g/mol. The lowest BCUT2D eigenvalue weighted by molar-refractivity contribution is -0.0131. The van der Waals surface area contributed by atoms with Crippen LogP contribution in [0.25, 0.3) is 0 Å². The molecule has 6 nitrogen and oxygen atoms in total. The van der Waals surface area contributed by atoms with Crippen LogP contribution in [0.3, 0.4) is 0 Å². The number of aliphatic imine (C=N–C) groups is 1. The Morgan fingerprint density at radius 3 is 2.68 bits per heavy atom. The standard InChI is InChI=1S/C15H26N4O2.HI/c1-16-14(17-9-13-3-6-19(2)10-13)18-11-15(12-20)4-7-21-8-5-15;/h3,6,10,20H,4-5,7-9,11-12H2,1-2H3,(H2,16,17,18);1H. The van der Waals surface area contributed by atoms with E-state index in [1.54, 1.807) is 7.05 Å². The fraction of sp³-hybridized carbons (Fsp3) is 0.667. The summed E-state index contributed by atoms with van der Waals surface area (Å²) < 4.78 is 7.40. The van der Waals surface area contributed by atoms with E-state index in [0.717, 1.165) is 38.6 Å². The summed E-state index contributed by atoms with van der Waals surface area (Å²) in [6.45, 7) is 3.06. The van der Waals surface area contributed by atoms with Crippen molar-refractivity contribution in [2.45, 2.75) is 19.4 Å². The number of ether oxygens (including phenoxy) is 1. The van der Waals surface area contributed by atoms with Crippen LogP contribution in [0.15, 0.2) is 23.5 Å². The average molecular weight is 422 g/mol. The van der Waals surface area contributed by atoms with E-state index in [2.05, 4.69) is 27.9 Å². The molecule has 1 aliphatic heterocycles. The molecule has 126 valence electrons. The monoisotopic (exact) mass is 422 g/mol. The Labute approximate surface area is 149 Å². The minimum absolute atomic E-state index is 0. The van der Waals surface area contributed by atoms with Crippen molar-refractivity contribution in [3.05, 3.63) is 24.0 Å². The number of nitrogens with one attached hydrogen (secondary N) is 2. The van der Waals surface area contributed by atoms with Gasteiger partial charge in [0.1, 0.15) is 0 Å². The van der Waals surface area contributed by atoms with E-state index in [-0.39, 0.29) is 36.0 Å². The SMILES string of the molecule is CN=C(NCc1ccn(C)c1)NCC1(CO)CCOCC1.I. The van der Waals surface area contributed by atoms with Crippen LogP contribution in [0, 0.1) is 5.41 Å². The number of nitrogens with zero attached hydrogens (tertiary/aromatic N) is 2. The fourth-order valence-corrected chi connectivity index (χ4v) is 2.54. The van der Waals surface area contributed by atoms with Crippen molar-refractivity contribution in [1.82, 2.24) is 15.2 Å². The van der Waals surface area contributed by atoms with Gasteiger partial charge in [-0.2, -0.15) is 0 Å². The van der Waals surface area contributed by atoms with Crippen LogP contribution in [-0.4, -0.2) is 49.0 Å². The maximum absolute atomic E-state index is 9.68. The third-order valence-electron chi connectivity index (χ3n) is 4.10. The van der Waals surface area contributed by atoms with Gasteiger partial charge >= 0.3 is 0 Å². The molecule has 1 fully saturated rings. The van der Waals surface area contributed by atoms with Crippen LogP contribution >= 0.6 is 24.0 Å². The summed E-state index contributed by atoms with van der Waals surface area (Å²) in [6, 6.07) is 2.08. The first kappa shape index (κ1) is 19.2. The summed E-state index contributed by atoms with van der Waals surface area (Å²) in [5.41, 5.74) is 1.12. The Bertz CT molecular complexity index is 470. The van der Waals surface area contributed by atoms with Gasteiger partial charge in [-0.3, -0.25) is 4.99 Å². The van der Waals surface area contributed by atoms with E-state index in [9.17, 15) is 5.11 Å². The number of aliphatic hydroxyl groups excluding tert-OH is 1. The number of aryl methyl sites for hydroxylation is 1. The van der Waals surface area contributed by atoms with E-state index in [0.29, 0.717) is 6.54 Å². The lowest BCUT2D eigenvalue weighted by Crippen LogP contribution is -2.47.